The van der Waals surface area contributed by atoms with Gasteiger partial charge in [0.1, 0.15) is 0 Å². The highest BCUT2D eigenvalue weighted by Crippen LogP contribution is 2.36. The Morgan fingerprint density at radius 1 is 1.35 bits per heavy atom. The summed E-state index contributed by atoms with van der Waals surface area (Å²) in [6, 6.07) is 8.01. The second-order valence-electron chi connectivity index (χ2n) is 5.27. The smallest absolute Gasteiger partial charge is 0.167 e. The van der Waals surface area contributed by atoms with E-state index in [1.165, 1.54) is 24.8 Å². The van der Waals surface area contributed by atoms with Gasteiger partial charge in [0.2, 0.25) is 0 Å². The normalized spacial score (nSPS) is 19.5. The van der Waals surface area contributed by atoms with Crippen LogP contribution in [0.25, 0.3) is 0 Å². The molecule has 2 unspecified atom stereocenters. The average Bonchev–Trinajstić information content (AvgIpc) is 2.25. The van der Waals surface area contributed by atoms with E-state index in [1.54, 1.807) is 0 Å². The second kappa shape index (κ2) is 5.01. The van der Waals surface area contributed by atoms with E-state index in [0.29, 0.717) is 5.92 Å². The highest BCUT2D eigenvalue weighted by Gasteiger charge is 2.22. The largest absolute Gasteiger partial charge is 0.327 e. The molecule has 0 bridgehead atoms. The van der Waals surface area contributed by atoms with Crippen molar-refractivity contribution in [3.63, 3.8) is 0 Å². The minimum atomic E-state index is -0.105. The first-order chi connectivity index (χ1) is 8.09. The molecule has 2 rings (SSSR count). The quantitative estimate of drug-likeness (QED) is 0.809. The Morgan fingerprint density at radius 2 is 2.06 bits per heavy atom. The topological polar surface area (TPSA) is 43.1 Å². The van der Waals surface area contributed by atoms with Crippen LogP contribution in [0.5, 0.6) is 0 Å². The number of Topliss-reactive ketones (excluding diaryl/α,β-unsaturated/α-hetero) is 1. The number of rotatable bonds is 4. The standard InChI is InChI=1S/C15H21NO/c1-10(11(2)16)15(17)14-8-4-7-13(9-14)12-5-3-6-12/h4,7-12H,3,5-6,16H2,1-2H3. The van der Waals surface area contributed by atoms with Crippen LogP contribution in [0.4, 0.5) is 0 Å². The van der Waals surface area contributed by atoms with Gasteiger partial charge in [0.25, 0.3) is 0 Å². The highest BCUT2D eigenvalue weighted by atomic mass is 16.1. The van der Waals surface area contributed by atoms with Crippen molar-refractivity contribution in [3.05, 3.63) is 35.4 Å². The number of carbonyl (C=O) groups excluding carboxylic acids is 1. The third kappa shape index (κ3) is 2.58. The van der Waals surface area contributed by atoms with Gasteiger partial charge in [-0.25, -0.2) is 0 Å². The zero-order chi connectivity index (χ0) is 12.4. The fraction of sp³-hybridized carbons (Fsp3) is 0.533. The molecule has 0 spiro atoms. The lowest BCUT2D eigenvalue weighted by molar-refractivity contribution is 0.0917. The maximum Gasteiger partial charge on any atom is 0.167 e. The molecule has 2 N–H and O–H groups in total. The molecule has 0 heterocycles. The first-order valence-corrected chi connectivity index (χ1v) is 6.49. The first kappa shape index (κ1) is 12.3. The summed E-state index contributed by atoms with van der Waals surface area (Å²) in [6.45, 7) is 3.79. The number of hydrogen-bond donors (Lipinski definition) is 1. The van der Waals surface area contributed by atoms with E-state index in [9.17, 15) is 4.79 Å². The maximum atomic E-state index is 12.2. The average molecular weight is 231 g/mol. The van der Waals surface area contributed by atoms with Gasteiger partial charge in [-0.1, -0.05) is 31.5 Å². The molecular weight excluding hydrogens is 210 g/mol. The molecule has 17 heavy (non-hydrogen) atoms. The molecule has 2 heteroatoms. The van der Waals surface area contributed by atoms with Crippen LogP contribution in [-0.2, 0) is 0 Å². The van der Waals surface area contributed by atoms with Crippen LogP contribution in [0.2, 0.25) is 0 Å². The van der Waals surface area contributed by atoms with E-state index >= 15 is 0 Å². The second-order valence-corrected chi connectivity index (χ2v) is 5.27. The van der Waals surface area contributed by atoms with E-state index in [2.05, 4.69) is 12.1 Å². The fourth-order valence-electron chi connectivity index (χ4n) is 2.19. The molecule has 1 aliphatic rings. The summed E-state index contributed by atoms with van der Waals surface area (Å²) >= 11 is 0. The van der Waals surface area contributed by atoms with Crippen LogP contribution in [0.3, 0.4) is 0 Å². The summed E-state index contributed by atoms with van der Waals surface area (Å²) in [4.78, 5) is 12.2. The van der Waals surface area contributed by atoms with Crippen LogP contribution >= 0.6 is 0 Å². The van der Waals surface area contributed by atoms with Crippen molar-refractivity contribution in [2.45, 2.75) is 45.1 Å². The van der Waals surface area contributed by atoms with E-state index in [1.807, 2.05) is 26.0 Å². The molecule has 0 aliphatic heterocycles. The molecule has 1 saturated carbocycles. The van der Waals surface area contributed by atoms with Gasteiger partial charge in [-0.2, -0.15) is 0 Å². The van der Waals surface area contributed by atoms with E-state index in [0.717, 1.165) is 5.56 Å². The van der Waals surface area contributed by atoms with Crippen molar-refractivity contribution in [3.8, 4) is 0 Å². The van der Waals surface area contributed by atoms with Crippen LogP contribution in [0.1, 0.15) is 54.9 Å². The van der Waals surface area contributed by atoms with Crippen LogP contribution in [-0.4, -0.2) is 11.8 Å². The van der Waals surface area contributed by atoms with Crippen LogP contribution < -0.4 is 5.73 Å². The van der Waals surface area contributed by atoms with E-state index in [-0.39, 0.29) is 17.7 Å². The number of benzene rings is 1. The molecular formula is C15H21NO. The fourth-order valence-corrected chi connectivity index (χ4v) is 2.19. The third-order valence-electron chi connectivity index (χ3n) is 3.95. The lowest BCUT2D eigenvalue weighted by Crippen LogP contribution is -2.30. The Labute approximate surface area is 103 Å². The zero-order valence-corrected chi connectivity index (χ0v) is 10.6. The minimum Gasteiger partial charge on any atom is -0.327 e. The van der Waals surface area contributed by atoms with Gasteiger partial charge in [0.15, 0.2) is 5.78 Å². The summed E-state index contributed by atoms with van der Waals surface area (Å²) in [5.41, 5.74) is 7.93. The summed E-state index contributed by atoms with van der Waals surface area (Å²) in [7, 11) is 0. The minimum absolute atomic E-state index is 0.0881. The number of nitrogens with two attached hydrogens (primary N) is 1. The van der Waals surface area contributed by atoms with Crippen molar-refractivity contribution in [1.82, 2.24) is 0 Å². The molecule has 1 aliphatic carbocycles. The molecule has 0 saturated heterocycles. The van der Waals surface area contributed by atoms with Gasteiger partial charge in [-0.3, -0.25) is 4.79 Å². The summed E-state index contributed by atoms with van der Waals surface area (Å²) < 4.78 is 0. The maximum absolute atomic E-state index is 12.2. The number of hydrogen-bond acceptors (Lipinski definition) is 2. The monoisotopic (exact) mass is 231 g/mol. The van der Waals surface area contributed by atoms with Crippen molar-refractivity contribution in [2.75, 3.05) is 0 Å². The Kier molecular flexibility index (Phi) is 3.63. The van der Waals surface area contributed by atoms with Crippen molar-refractivity contribution in [1.29, 1.82) is 0 Å². The first-order valence-electron chi connectivity index (χ1n) is 6.49. The van der Waals surface area contributed by atoms with Gasteiger partial charge in [0.05, 0.1) is 0 Å². The molecule has 2 nitrogen and oxygen atoms in total. The van der Waals surface area contributed by atoms with E-state index < -0.39 is 0 Å². The van der Waals surface area contributed by atoms with Crippen LogP contribution in [0.15, 0.2) is 24.3 Å². The van der Waals surface area contributed by atoms with Gasteiger partial charge < -0.3 is 5.73 Å². The highest BCUT2D eigenvalue weighted by molar-refractivity contribution is 5.98. The summed E-state index contributed by atoms with van der Waals surface area (Å²) in [6.07, 6.45) is 3.85. The molecule has 0 aromatic heterocycles. The van der Waals surface area contributed by atoms with Gasteiger partial charge in [-0.05, 0) is 37.3 Å². The zero-order valence-electron chi connectivity index (χ0n) is 10.6. The molecule has 1 aromatic rings. The predicted octanol–water partition coefficient (Wildman–Crippen LogP) is 3.12. The SMILES string of the molecule is CC(N)C(C)C(=O)c1cccc(C2CCC2)c1. The van der Waals surface area contributed by atoms with Crippen molar-refractivity contribution in [2.24, 2.45) is 11.7 Å². The number of ketones is 1. The Bertz CT molecular complexity index is 407. The lowest BCUT2D eigenvalue weighted by Gasteiger charge is -2.26. The predicted molar refractivity (Wildman–Crippen MR) is 70.2 cm³/mol. The third-order valence-corrected chi connectivity index (χ3v) is 3.95. The van der Waals surface area contributed by atoms with Crippen molar-refractivity contribution < 1.29 is 4.79 Å². The lowest BCUT2D eigenvalue weighted by atomic mass is 9.79. The summed E-state index contributed by atoms with van der Waals surface area (Å²) in [5.74, 6) is 0.737. The Morgan fingerprint density at radius 3 is 2.59 bits per heavy atom. The van der Waals surface area contributed by atoms with Gasteiger partial charge in [0, 0.05) is 17.5 Å². The van der Waals surface area contributed by atoms with Crippen LogP contribution in [0, 0.1) is 5.92 Å². The molecule has 0 amide bonds. The van der Waals surface area contributed by atoms with Gasteiger partial charge >= 0.3 is 0 Å². The number of carbonyl (C=O) groups is 1. The molecule has 1 fully saturated rings. The summed E-state index contributed by atoms with van der Waals surface area (Å²) in [5, 5.41) is 0. The molecule has 2 atom stereocenters. The van der Waals surface area contributed by atoms with Crippen molar-refractivity contribution >= 4 is 5.78 Å². The Hall–Kier alpha value is -1.15. The molecule has 92 valence electrons. The molecule has 1 aromatic carbocycles. The Balaban J connectivity index is 2.17. The molecule has 0 radical (unpaired) electrons. The van der Waals surface area contributed by atoms with E-state index in [4.69, 9.17) is 5.73 Å². The van der Waals surface area contributed by atoms with Gasteiger partial charge in [-0.15, -0.1) is 0 Å².